The number of nitrogens with one attached hydrogen (secondary N) is 4. The summed E-state index contributed by atoms with van der Waals surface area (Å²) in [6, 6.07) is 1.44. The lowest BCUT2D eigenvalue weighted by Crippen LogP contribution is -2.45. The van der Waals surface area contributed by atoms with Gasteiger partial charge in [0.25, 0.3) is 11.8 Å². The van der Waals surface area contributed by atoms with Crippen LogP contribution in [0.5, 0.6) is 0 Å². The summed E-state index contributed by atoms with van der Waals surface area (Å²) < 4.78 is 0. The van der Waals surface area contributed by atoms with E-state index in [1.165, 1.54) is 0 Å². The average molecular weight is 400 g/mol. The number of benzene rings is 1. The molecule has 26 heavy (non-hydrogen) atoms. The maximum Gasteiger partial charge on any atom is 0.336 e. The Bertz CT molecular complexity index is 759. The largest absolute Gasteiger partial charge is 0.478 e. The van der Waals surface area contributed by atoms with Gasteiger partial charge in [0.2, 0.25) is 0 Å². The SMILES string of the molecule is NC(=S)NNC(=O)c1cc(C(=O)O)c(C(=O)NNC(N)=S)cc1C(=O)O. The van der Waals surface area contributed by atoms with Crippen LogP contribution in [0.25, 0.3) is 0 Å². The molecule has 1 aromatic carbocycles. The Labute approximate surface area is 155 Å². The number of hydrogen-bond donors (Lipinski definition) is 8. The van der Waals surface area contributed by atoms with Gasteiger partial charge in [-0.15, -0.1) is 0 Å². The number of carboxylic acid groups (broad SMARTS) is 2. The van der Waals surface area contributed by atoms with E-state index in [4.69, 9.17) is 11.5 Å². The minimum Gasteiger partial charge on any atom is -0.478 e. The fourth-order valence-electron chi connectivity index (χ4n) is 1.70. The van der Waals surface area contributed by atoms with E-state index in [0.717, 1.165) is 12.1 Å². The van der Waals surface area contributed by atoms with Gasteiger partial charge in [-0.05, 0) is 36.6 Å². The van der Waals surface area contributed by atoms with Gasteiger partial charge in [0.1, 0.15) is 0 Å². The van der Waals surface area contributed by atoms with Crippen molar-refractivity contribution in [2.45, 2.75) is 0 Å². The second-order valence-corrected chi connectivity index (χ2v) is 5.32. The Morgan fingerprint density at radius 2 is 1.00 bits per heavy atom. The third-order valence-electron chi connectivity index (χ3n) is 2.71. The zero-order valence-corrected chi connectivity index (χ0v) is 14.3. The van der Waals surface area contributed by atoms with E-state index in [2.05, 4.69) is 35.3 Å². The van der Waals surface area contributed by atoms with Crippen molar-refractivity contribution in [2.24, 2.45) is 11.5 Å². The first-order valence-corrected chi connectivity index (χ1v) is 7.22. The summed E-state index contributed by atoms with van der Waals surface area (Å²) in [5, 5.41) is 17.9. The van der Waals surface area contributed by atoms with Gasteiger partial charge in [0.05, 0.1) is 22.3 Å². The summed E-state index contributed by atoms with van der Waals surface area (Å²) in [5.74, 6) is -5.24. The summed E-state index contributed by atoms with van der Waals surface area (Å²) in [5.41, 5.74) is 16.0. The molecule has 0 saturated heterocycles. The van der Waals surface area contributed by atoms with Crippen molar-refractivity contribution in [3.05, 3.63) is 34.4 Å². The number of amides is 2. The molecule has 0 unspecified atom stereocenters. The first kappa shape index (κ1) is 20.5. The highest BCUT2D eigenvalue weighted by atomic mass is 32.1. The molecule has 0 aliphatic rings. The smallest absolute Gasteiger partial charge is 0.336 e. The number of thiocarbonyl (C=S) groups is 2. The van der Waals surface area contributed by atoms with E-state index < -0.39 is 46.0 Å². The van der Waals surface area contributed by atoms with Crippen molar-refractivity contribution in [2.75, 3.05) is 0 Å². The van der Waals surface area contributed by atoms with Gasteiger partial charge >= 0.3 is 11.9 Å². The minimum atomic E-state index is -1.58. The van der Waals surface area contributed by atoms with Crippen molar-refractivity contribution in [1.82, 2.24) is 21.7 Å². The summed E-state index contributed by atoms with van der Waals surface area (Å²) in [6.45, 7) is 0. The summed E-state index contributed by atoms with van der Waals surface area (Å²) in [4.78, 5) is 46.9. The second-order valence-electron chi connectivity index (χ2n) is 4.44. The summed E-state index contributed by atoms with van der Waals surface area (Å²) in [7, 11) is 0. The molecule has 0 heterocycles. The van der Waals surface area contributed by atoms with E-state index in [9.17, 15) is 29.4 Å². The summed E-state index contributed by atoms with van der Waals surface area (Å²) in [6.07, 6.45) is 0. The number of carbonyl (C=O) groups is 4. The molecule has 10 N–H and O–H groups in total. The van der Waals surface area contributed by atoms with Crippen LogP contribution in [0, 0.1) is 0 Å². The highest BCUT2D eigenvalue weighted by Gasteiger charge is 2.25. The van der Waals surface area contributed by atoms with Crippen LogP contribution >= 0.6 is 24.4 Å². The molecule has 0 fully saturated rings. The topological polar surface area (TPSA) is 209 Å². The monoisotopic (exact) mass is 400 g/mol. The van der Waals surface area contributed by atoms with Crippen LogP contribution in [0.15, 0.2) is 12.1 Å². The molecule has 12 nitrogen and oxygen atoms in total. The van der Waals surface area contributed by atoms with Gasteiger partial charge in [-0.2, -0.15) is 0 Å². The standard InChI is InChI=1S/C12H12N6O6S2/c13-11(25)17-15-7(19)3-1-5(9(21)22)4(2-6(3)10(23)24)8(20)16-18-12(14)26/h1-2H,(H,15,19)(H,16,20)(H,21,22)(H,23,24)(H3,13,17,25)(H3,14,18,26). The molecule has 0 atom stereocenters. The first-order valence-electron chi connectivity index (χ1n) is 6.40. The molecule has 0 aromatic heterocycles. The van der Waals surface area contributed by atoms with Crippen LogP contribution in [0.1, 0.15) is 41.4 Å². The zero-order chi connectivity index (χ0) is 20.0. The van der Waals surface area contributed by atoms with Gasteiger partial charge in [-0.1, -0.05) is 0 Å². The second kappa shape index (κ2) is 8.54. The van der Waals surface area contributed by atoms with Crippen LogP contribution in [0.3, 0.4) is 0 Å². The lowest BCUT2D eigenvalue weighted by Gasteiger charge is -2.13. The van der Waals surface area contributed by atoms with Gasteiger partial charge < -0.3 is 21.7 Å². The van der Waals surface area contributed by atoms with Gasteiger partial charge in [0.15, 0.2) is 10.2 Å². The quantitative estimate of drug-likeness (QED) is 0.205. The lowest BCUT2D eigenvalue weighted by atomic mass is 9.97. The van der Waals surface area contributed by atoms with E-state index in [1.807, 2.05) is 10.9 Å². The number of hydrogen-bond acceptors (Lipinski definition) is 6. The van der Waals surface area contributed by atoms with Gasteiger partial charge in [-0.25, -0.2) is 9.59 Å². The zero-order valence-electron chi connectivity index (χ0n) is 12.7. The van der Waals surface area contributed by atoms with Crippen LogP contribution in [-0.2, 0) is 0 Å². The van der Waals surface area contributed by atoms with Crippen molar-refractivity contribution in [3.8, 4) is 0 Å². The third kappa shape index (κ3) is 5.25. The van der Waals surface area contributed by atoms with Crippen LogP contribution in [-0.4, -0.2) is 44.2 Å². The predicted octanol–water partition coefficient (Wildman–Crippen LogP) is -1.96. The van der Waals surface area contributed by atoms with E-state index in [1.54, 1.807) is 0 Å². The number of carboxylic acids is 2. The first-order chi connectivity index (χ1) is 12.0. The highest BCUT2D eigenvalue weighted by molar-refractivity contribution is 7.80. The maximum absolute atomic E-state index is 12.1. The van der Waals surface area contributed by atoms with Crippen molar-refractivity contribution in [3.63, 3.8) is 0 Å². The number of hydrazine groups is 2. The molecule has 14 heteroatoms. The number of nitrogens with two attached hydrogens (primary N) is 2. The third-order valence-corrected chi connectivity index (χ3v) is 2.91. The van der Waals surface area contributed by atoms with Gasteiger partial charge in [-0.3, -0.25) is 31.3 Å². The molecule has 2 amide bonds. The van der Waals surface area contributed by atoms with Crippen LogP contribution in [0.4, 0.5) is 0 Å². The number of carbonyl (C=O) groups excluding carboxylic acids is 2. The fourth-order valence-corrected chi connectivity index (χ4v) is 1.80. The maximum atomic E-state index is 12.1. The minimum absolute atomic E-state index is 0.312. The lowest BCUT2D eigenvalue weighted by molar-refractivity contribution is 0.0675. The molecule has 0 bridgehead atoms. The molecule has 138 valence electrons. The predicted molar refractivity (Wildman–Crippen MR) is 95.1 cm³/mol. The number of aromatic carboxylic acids is 2. The Kier molecular flexibility index (Phi) is 6.74. The van der Waals surface area contributed by atoms with E-state index in [0.29, 0.717) is 0 Å². The summed E-state index contributed by atoms with van der Waals surface area (Å²) >= 11 is 8.96. The molecule has 1 rings (SSSR count). The van der Waals surface area contributed by atoms with Crippen LogP contribution < -0.4 is 33.2 Å². The number of rotatable bonds is 4. The molecule has 0 aliphatic carbocycles. The molecule has 0 aliphatic heterocycles. The molecule has 0 saturated carbocycles. The Morgan fingerprint density at radius 1 is 0.692 bits per heavy atom. The van der Waals surface area contributed by atoms with E-state index >= 15 is 0 Å². The molecular weight excluding hydrogens is 388 g/mol. The molecule has 0 spiro atoms. The van der Waals surface area contributed by atoms with Crippen molar-refractivity contribution >= 4 is 58.4 Å². The van der Waals surface area contributed by atoms with Gasteiger partial charge in [0, 0.05) is 0 Å². The normalized spacial score (nSPS) is 9.54. The van der Waals surface area contributed by atoms with Crippen molar-refractivity contribution in [1.29, 1.82) is 0 Å². The Hall–Kier alpha value is -3.52. The molecule has 1 aromatic rings. The average Bonchev–Trinajstić information content (AvgIpc) is 2.55. The highest BCUT2D eigenvalue weighted by Crippen LogP contribution is 2.18. The van der Waals surface area contributed by atoms with Crippen LogP contribution in [0.2, 0.25) is 0 Å². The van der Waals surface area contributed by atoms with Crippen molar-refractivity contribution < 1.29 is 29.4 Å². The Morgan fingerprint density at radius 3 is 1.23 bits per heavy atom. The fraction of sp³-hybridized carbons (Fsp3) is 0. The molecule has 0 radical (unpaired) electrons. The van der Waals surface area contributed by atoms with E-state index in [-0.39, 0.29) is 10.2 Å². The molecular formula is C12H12N6O6S2. The Balaban J connectivity index is 3.43.